The number of anilines is 1. The molecule has 0 spiro atoms. The van der Waals surface area contributed by atoms with E-state index in [2.05, 4.69) is 5.32 Å². The van der Waals surface area contributed by atoms with Crippen molar-refractivity contribution >= 4 is 29.2 Å². The zero-order valence-corrected chi connectivity index (χ0v) is 9.95. The molecule has 1 rings (SSSR count). The first kappa shape index (κ1) is 13.3. The summed E-state index contributed by atoms with van der Waals surface area (Å²) in [5.74, 6) is -1.36. The second kappa shape index (κ2) is 6.10. The molecule has 0 saturated carbocycles. The van der Waals surface area contributed by atoms with Crippen LogP contribution in [0.2, 0.25) is 5.02 Å². The van der Waals surface area contributed by atoms with Crippen molar-refractivity contribution in [1.29, 1.82) is 0 Å². The van der Waals surface area contributed by atoms with Gasteiger partial charge in [0.15, 0.2) is 0 Å². The summed E-state index contributed by atoms with van der Waals surface area (Å²) in [5, 5.41) is 11.3. The fraction of sp³-hybridized carbons (Fsp3) is 0.273. The normalized spacial score (nSPS) is 9.76. The molecule has 2 N–H and O–H groups in total. The van der Waals surface area contributed by atoms with E-state index < -0.39 is 18.3 Å². The van der Waals surface area contributed by atoms with E-state index in [0.717, 1.165) is 0 Å². The molecule has 1 aromatic rings. The molecule has 0 bridgehead atoms. The van der Waals surface area contributed by atoms with Crippen LogP contribution in [-0.4, -0.2) is 23.6 Å². The van der Waals surface area contributed by atoms with Gasteiger partial charge in [0.25, 0.3) is 0 Å². The number of halogens is 1. The summed E-state index contributed by atoms with van der Waals surface area (Å²) in [7, 11) is 0. The predicted molar refractivity (Wildman–Crippen MR) is 63.5 cm³/mol. The number of aliphatic carboxylic acids is 1. The van der Waals surface area contributed by atoms with Crippen molar-refractivity contribution in [1.82, 2.24) is 0 Å². The molecule has 0 aliphatic heterocycles. The molecule has 0 heterocycles. The van der Waals surface area contributed by atoms with Crippen LogP contribution in [0.15, 0.2) is 18.2 Å². The largest absolute Gasteiger partial charge is 0.492 e. The Kier molecular flexibility index (Phi) is 4.78. The number of hydrogen-bond acceptors (Lipinski definition) is 3. The van der Waals surface area contributed by atoms with Crippen molar-refractivity contribution in [2.45, 2.75) is 13.3 Å². The van der Waals surface area contributed by atoms with Gasteiger partial charge in [0.05, 0.1) is 12.3 Å². The molecule has 1 amide bonds. The van der Waals surface area contributed by atoms with E-state index in [1.54, 1.807) is 19.1 Å². The smallest absolute Gasteiger partial charge is 0.312 e. The van der Waals surface area contributed by atoms with E-state index in [4.69, 9.17) is 21.4 Å². The first-order valence-corrected chi connectivity index (χ1v) is 5.34. The zero-order valence-electron chi connectivity index (χ0n) is 9.20. The van der Waals surface area contributed by atoms with Gasteiger partial charge in [-0.25, -0.2) is 0 Å². The van der Waals surface area contributed by atoms with Crippen LogP contribution < -0.4 is 10.1 Å². The van der Waals surface area contributed by atoms with Crippen LogP contribution in [-0.2, 0) is 9.59 Å². The fourth-order valence-electron chi connectivity index (χ4n) is 1.21. The minimum atomic E-state index is -1.19. The molecule has 0 aromatic heterocycles. The van der Waals surface area contributed by atoms with Crippen molar-refractivity contribution in [2.75, 3.05) is 11.9 Å². The van der Waals surface area contributed by atoms with Crippen LogP contribution in [0.3, 0.4) is 0 Å². The third kappa shape index (κ3) is 4.32. The Morgan fingerprint density at radius 2 is 2.18 bits per heavy atom. The van der Waals surface area contributed by atoms with Crippen LogP contribution in [0.5, 0.6) is 5.75 Å². The molecule has 0 aliphatic rings. The van der Waals surface area contributed by atoms with Gasteiger partial charge in [-0.1, -0.05) is 11.6 Å². The van der Waals surface area contributed by atoms with Crippen molar-refractivity contribution in [2.24, 2.45) is 0 Å². The lowest BCUT2D eigenvalue weighted by Crippen LogP contribution is -2.16. The molecule has 0 aliphatic carbocycles. The average molecular weight is 258 g/mol. The first-order valence-electron chi connectivity index (χ1n) is 4.97. The quantitative estimate of drug-likeness (QED) is 0.793. The Bertz CT molecular complexity index is 433. The van der Waals surface area contributed by atoms with Gasteiger partial charge in [-0.05, 0) is 25.1 Å². The molecule has 17 heavy (non-hydrogen) atoms. The molecule has 0 atom stereocenters. The van der Waals surface area contributed by atoms with Gasteiger partial charge in [0, 0.05) is 5.02 Å². The SMILES string of the molecule is CCOc1ccc(Cl)cc1NC(=O)CC(=O)O. The number of ether oxygens (including phenoxy) is 1. The number of carbonyl (C=O) groups is 2. The summed E-state index contributed by atoms with van der Waals surface area (Å²) in [4.78, 5) is 21.7. The second-order valence-corrected chi connectivity index (χ2v) is 3.63. The minimum absolute atomic E-state index is 0.366. The molecule has 6 heteroatoms. The van der Waals surface area contributed by atoms with E-state index in [1.807, 2.05) is 0 Å². The van der Waals surface area contributed by atoms with E-state index in [1.165, 1.54) is 6.07 Å². The van der Waals surface area contributed by atoms with Gasteiger partial charge in [-0.15, -0.1) is 0 Å². The maximum atomic E-state index is 11.3. The summed E-state index contributed by atoms with van der Waals surface area (Å²) in [6, 6.07) is 4.74. The molecule has 1 aromatic carbocycles. The lowest BCUT2D eigenvalue weighted by Gasteiger charge is -2.11. The number of hydrogen-bond donors (Lipinski definition) is 2. The van der Waals surface area contributed by atoms with Crippen molar-refractivity contribution in [3.05, 3.63) is 23.2 Å². The van der Waals surface area contributed by atoms with Crippen molar-refractivity contribution in [3.63, 3.8) is 0 Å². The van der Waals surface area contributed by atoms with Crippen LogP contribution >= 0.6 is 11.6 Å². The summed E-state index contributed by atoms with van der Waals surface area (Å²) >= 11 is 5.78. The molecule has 5 nitrogen and oxygen atoms in total. The minimum Gasteiger partial charge on any atom is -0.492 e. The van der Waals surface area contributed by atoms with E-state index in [-0.39, 0.29) is 0 Å². The summed E-state index contributed by atoms with van der Waals surface area (Å²) in [6.45, 7) is 2.24. The van der Waals surface area contributed by atoms with Gasteiger partial charge in [-0.2, -0.15) is 0 Å². The summed E-state index contributed by atoms with van der Waals surface area (Å²) in [5.41, 5.74) is 0.366. The summed E-state index contributed by atoms with van der Waals surface area (Å²) < 4.78 is 5.28. The molecule has 0 fully saturated rings. The van der Waals surface area contributed by atoms with E-state index in [9.17, 15) is 9.59 Å². The molecule has 0 saturated heterocycles. The highest BCUT2D eigenvalue weighted by atomic mass is 35.5. The maximum absolute atomic E-state index is 11.3. The number of benzene rings is 1. The molecule has 0 unspecified atom stereocenters. The number of nitrogens with one attached hydrogen (secondary N) is 1. The van der Waals surface area contributed by atoms with Crippen LogP contribution in [0.4, 0.5) is 5.69 Å². The van der Waals surface area contributed by atoms with Crippen molar-refractivity contribution < 1.29 is 19.4 Å². The Morgan fingerprint density at radius 3 is 2.76 bits per heavy atom. The molecular formula is C11H12ClNO4. The van der Waals surface area contributed by atoms with Crippen LogP contribution in [0.25, 0.3) is 0 Å². The molecule has 0 radical (unpaired) electrons. The second-order valence-electron chi connectivity index (χ2n) is 3.19. The molecular weight excluding hydrogens is 246 g/mol. The van der Waals surface area contributed by atoms with Gasteiger partial charge in [0.2, 0.25) is 5.91 Å². The average Bonchev–Trinajstić information content (AvgIpc) is 2.21. The lowest BCUT2D eigenvalue weighted by atomic mass is 10.2. The first-order chi connectivity index (χ1) is 8.02. The van der Waals surface area contributed by atoms with E-state index in [0.29, 0.717) is 23.1 Å². The van der Waals surface area contributed by atoms with Crippen LogP contribution in [0, 0.1) is 0 Å². The highest BCUT2D eigenvalue weighted by molar-refractivity contribution is 6.31. The fourth-order valence-corrected chi connectivity index (χ4v) is 1.39. The van der Waals surface area contributed by atoms with Gasteiger partial charge in [-0.3, -0.25) is 9.59 Å². The number of carboxylic acid groups (broad SMARTS) is 1. The van der Waals surface area contributed by atoms with Gasteiger partial charge in [0.1, 0.15) is 12.2 Å². The Morgan fingerprint density at radius 1 is 1.47 bits per heavy atom. The summed E-state index contributed by atoms with van der Waals surface area (Å²) in [6.07, 6.45) is -0.599. The number of rotatable bonds is 5. The van der Waals surface area contributed by atoms with Crippen LogP contribution in [0.1, 0.15) is 13.3 Å². The number of amides is 1. The third-order valence-electron chi connectivity index (χ3n) is 1.83. The van der Waals surface area contributed by atoms with E-state index >= 15 is 0 Å². The highest BCUT2D eigenvalue weighted by Gasteiger charge is 2.11. The topological polar surface area (TPSA) is 75.6 Å². The third-order valence-corrected chi connectivity index (χ3v) is 2.06. The highest BCUT2D eigenvalue weighted by Crippen LogP contribution is 2.28. The lowest BCUT2D eigenvalue weighted by molar-refractivity contribution is -0.139. The Labute approximate surface area is 103 Å². The van der Waals surface area contributed by atoms with Gasteiger partial charge >= 0.3 is 5.97 Å². The predicted octanol–water partition coefficient (Wildman–Crippen LogP) is 2.15. The van der Waals surface area contributed by atoms with Gasteiger partial charge < -0.3 is 15.2 Å². The Balaban J connectivity index is 2.84. The standard InChI is InChI=1S/C11H12ClNO4/c1-2-17-9-4-3-7(12)5-8(9)13-10(14)6-11(15)16/h3-5H,2,6H2,1H3,(H,13,14)(H,15,16). The number of carboxylic acids is 1. The number of carbonyl (C=O) groups excluding carboxylic acids is 1. The van der Waals surface area contributed by atoms with Crippen molar-refractivity contribution in [3.8, 4) is 5.75 Å². The molecule has 92 valence electrons. The zero-order chi connectivity index (χ0) is 12.8. The maximum Gasteiger partial charge on any atom is 0.312 e. The monoisotopic (exact) mass is 257 g/mol. The Hall–Kier alpha value is -1.75.